The van der Waals surface area contributed by atoms with Gasteiger partial charge in [-0.25, -0.2) is 0 Å². The summed E-state index contributed by atoms with van der Waals surface area (Å²) in [7, 11) is 0. The van der Waals surface area contributed by atoms with Gasteiger partial charge in [0.1, 0.15) is 0 Å². The molecule has 2 rings (SSSR count). The Kier molecular flexibility index (Phi) is 3.66. The van der Waals surface area contributed by atoms with Crippen molar-refractivity contribution in [3.63, 3.8) is 0 Å². The van der Waals surface area contributed by atoms with E-state index < -0.39 is 0 Å². The highest BCUT2D eigenvalue weighted by Crippen LogP contribution is 2.44. The Morgan fingerprint density at radius 3 is 2.88 bits per heavy atom. The van der Waals surface area contributed by atoms with Crippen molar-refractivity contribution in [3.05, 3.63) is 20.8 Å². The number of hydrogen-bond donors (Lipinski definition) is 2. The molecule has 5 heteroatoms. The third-order valence-electron chi connectivity index (χ3n) is 3.00. The number of hydrogen-bond acceptors (Lipinski definition) is 3. The van der Waals surface area contributed by atoms with Gasteiger partial charge in [-0.05, 0) is 41.3 Å². The topological polar surface area (TPSA) is 55.1 Å². The number of halogens is 1. The Morgan fingerprint density at radius 2 is 2.38 bits per heavy atom. The first kappa shape index (κ1) is 12.1. The molecule has 1 aromatic heterocycles. The molecular weight excluding hydrogens is 288 g/mol. The predicted octanol–water partition coefficient (Wildman–Crippen LogP) is 1.91. The van der Waals surface area contributed by atoms with Crippen molar-refractivity contribution in [1.82, 2.24) is 5.32 Å². The van der Waals surface area contributed by atoms with Crippen LogP contribution >= 0.6 is 27.3 Å². The first-order chi connectivity index (χ1) is 7.66. The summed E-state index contributed by atoms with van der Waals surface area (Å²) >= 11 is 5.12. The average Bonchev–Trinajstić information content (AvgIpc) is 2.98. The zero-order valence-corrected chi connectivity index (χ0v) is 11.4. The van der Waals surface area contributed by atoms with E-state index in [0.29, 0.717) is 13.1 Å². The number of nitrogens with two attached hydrogens (primary N) is 1. The number of nitrogens with one attached hydrogen (secondary N) is 1. The molecule has 1 heterocycles. The molecule has 1 aromatic rings. The van der Waals surface area contributed by atoms with Crippen LogP contribution in [0.4, 0.5) is 0 Å². The SMILES string of the molecule is NCC1(C(=O)NCCc2cc(Br)cs2)CC1. The molecule has 16 heavy (non-hydrogen) atoms. The van der Waals surface area contributed by atoms with Crippen LogP contribution in [0, 0.1) is 5.41 Å². The molecule has 1 saturated carbocycles. The molecule has 3 N–H and O–H groups in total. The summed E-state index contributed by atoms with van der Waals surface area (Å²) in [5.41, 5.74) is 5.36. The van der Waals surface area contributed by atoms with E-state index in [1.54, 1.807) is 11.3 Å². The Morgan fingerprint density at radius 1 is 1.62 bits per heavy atom. The zero-order chi connectivity index (χ0) is 11.6. The van der Waals surface area contributed by atoms with E-state index in [4.69, 9.17) is 5.73 Å². The second-order valence-corrected chi connectivity index (χ2v) is 6.13. The van der Waals surface area contributed by atoms with Gasteiger partial charge in [0.2, 0.25) is 5.91 Å². The minimum Gasteiger partial charge on any atom is -0.355 e. The summed E-state index contributed by atoms with van der Waals surface area (Å²) in [6.07, 6.45) is 2.78. The summed E-state index contributed by atoms with van der Waals surface area (Å²) < 4.78 is 1.11. The molecule has 0 unspecified atom stereocenters. The molecule has 0 atom stereocenters. The molecular formula is C11H15BrN2OS. The van der Waals surface area contributed by atoms with Crippen LogP contribution in [0.25, 0.3) is 0 Å². The quantitative estimate of drug-likeness (QED) is 0.873. The van der Waals surface area contributed by atoms with Crippen LogP contribution in [0.3, 0.4) is 0 Å². The van der Waals surface area contributed by atoms with Crippen molar-refractivity contribution in [1.29, 1.82) is 0 Å². The highest BCUT2D eigenvalue weighted by Gasteiger charge is 2.48. The van der Waals surface area contributed by atoms with E-state index in [2.05, 4.69) is 32.7 Å². The van der Waals surface area contributed by atoms with Crippen LogP contribution < -0.4 is 11.1 Å². The van der Waals surface area contributed by atoms with Crippen molar-refractivity contribution in [2.24, 2.45) is 11.1 Å². The van der Waals surface area contributed by atoms with Gasteiger partial charge in [-0.3, -0.25) is 4.79 Å². The standard InChI is InChI=1S/C11H15BrN2OS/c12-8-5-9(16-6-8)1-4-14-10(15)11(7-13)2-3-11/h5-6H,1-4,7,13H2,(H,14,15). The maximum atomic E-state index is 11.8. The number of carbonyl (C=O) groups excluding carboxylic acids is 1. The summed E-state index contributed by atoms with van der Waals surface area (Å²) in [6.45, 7) is 1.18. The monoisotopic (exact) mass is 302 g/mol. The van der Waals surface area contributed by atoms with Crippen molar-refractivity contribution >= 4 is 33.2 Å². The first-order valence-electron chi connectivity index (χ1n) is 5.37. The minimum absolute atomic E-state index is 0.130. The van der Waals surface area contributed by atoms with Gasteiger partial charge in [-0.15, -0.1) is 11.3 Å². The van der Waals surface area contributed by atoms with Crippen molar-refractivity contribution in [2.45, 2.75) is 19.3 Å². The van der Waals surface area contributed by atoms with Crippen LogP contribution in [0.5, 0.6) is 0 Å². The summed E-state index contributed by atoms with van der Waals surface area (Å²) in [5.74, 6) is 0.130. The lowest BCUT2D eigenvalue weighted by Crippen LogP contribution is -2.37. The lowest BCUT2D eigenvalue weighted by atomic mass is 10.1. The van der Waals surface area contributed by atoms with Gasteiger partial charge < -0.3 is 11.1 Å². The highest BCUT2D eigenvalue weighted by molar-refractivity contribution is 9.10. The number of carbonyl (C=O) groups is 1. The van der Waals surface area contributed by atoms with Gasteiger partial charge in [-0.1, -0.05) is 0 Å². The maximum absolute atomic E-state index is 11.8. The molecule has 0 spiro atoms. The third-order valence-corrected chi connectivity index (χ3v) is 4.76. The molecule has 0 aromatic carbocycles. The summed E-state index contributed by atoms with van der Waals surface area (Å²) in [5, 5.41) is 5.02. The molecule has 88 valence electrons. The molecule has 1 amide bonds. The van der Waals surface area contributed by atoms with Gasteiger partial charge in [0, 0.05) is 27.8 Å². The van der Waals surface area contributed by atoms with Gasteiger partial charge in [0.05, 0.1) is 5.41 Å². The van der Waals surface area contributed by atoms with E-state index in [1.807, 2.05) is 0 Å². The van der Waals surface area contributed by atoms with Crippen LogP contribution in [0.1, 0.15) is 17.7 Å². The van der Waals surface area contributed by atoms with E-state index in [1.165, 1.54) is 4.88 Å². The van der Waals surface area contributed by atoms with Crippen molar-refractivity contribution < 1.29 is 4.79 Å². The molecule has 1 aliphatic rings. The molecule has 1 aliphatic carbocycles. The van der Waals surface area contributed by atoms with Crippen LogP contribution in [-0.2, 0) is 11.2 Å². The van der Waals surface area contributed by atoms with Gasteiger partial charge in [-0.2, -0.15) is 0 Å². The Bertz CT molecular complexity index is 387. The van der Waals surface area contributed by atoms with Crippen molar-refractivity contribution in [2.75, 3.05) is 13.1 Å². The van der Waals surface area contributed by atoms with Gasteiger partial charge in [0.15, 0.2) is 0 Å². The Labute approximate surface area is 108 Å². The molecule has 0 aliphatic heterocycles. The Hall–Kier alpha value is -0.390. The lowest BCUT2D eigenvalue weighted by Gasteiger charge is -2.12. The summed E-state index contributed by atoms with van der Waals surface area (Å²) in [4.78, 5) is 13.0. The van der Waals surface area contributed by atoms with E-state index in [0.717, 1.165) is 23.7 Å². The lowest BCUT2D eigenvalue weighted by molar-refractivity contribution is -0.125. The van der Waals surface area contributed by atoms with E-state index in [-0.39, 0.29) is 11.3 Å². The molecule has 0 radical (unpaired) electrons. The minimum atomic E-state index is -0.226. The van der Waals surface area contributed by atoms with E-state index in [9.17, 15) is 4.79 Å². The van der Waals surface area contributed by atoms with Crippen LogP contribution in [-0.4, -0.2) is 19.0 Å². The predicted molar refractivity (Wildman–Crippen MR) is 69.5 cm³/mol. The highest BCUT2D eigenvalue weighted by atomic mass is 79.9. The fourth-order valence-corrected chi connectivity index (χ4v) is 3.10. The number of amides is 1. The van der Waals surface area contributed by atoms with E-state index >= 15 is 0 Å². The summed E-state index contributed by atoms with van der Waals surface area (Å²) in [6, 6.07) is 2.09. The second-order valence-electron chi connectivity index (χ2n) is 4.22. The van der Waals surface area contributed by atoms with Gasteiger partial charge >= 0.3 is 0 Å². The van der Waals surface area contributed by atoms with Crippen LogP contribution in [0.15, 0.2) is 15.9 Å². The smallest absolute Gasteiger partial charge is 0.227 e. The largest absolute Gasteiger partial charge is 0.355 e. The fraction of sp³-hybridized carbons (Fsp3) is 0.545. The number of thiophene rings is 1. The maximum Gasteiger partial charge on any atom is 0.227 e. The average molecular weight is 303 g/mol. The van der Waals surface area contributed by atoms with Gasteiger partial charge in [0.25, 0.3) is 0 Å². The molecule has 0 bridgehead atoms. The molecule has 3 nitrogen and oxygen atoms in total. The third kappa shape index (κ3) is 2.64. The molecule has 0 saturated heterocycles. The Balaban J connectivity index is 1.74. The normalized spacial score (nSPS) is 17.1. The fourth-order valence-electron chi connectivity index (χ4n) is 1.65. The van der Waals surface area contributed by atoms with Crippen molar-refractivity contribution in [3.8, 4) is 0 Å². The first-order valence-corrected chi connectivity index (χ1v) is 7.05. The number of rotatable bonds is 5. The zero-order valence-electron chi connectivity index (χ0n) is 8.96. The molecule has 1 fully saturated rings. The second kappa shape index (κ2) is 4.85. The van der Waals surface area contributed by atoms with Crippen LogP contribution in [0.2, 0.25) is 0 Å².